The minimum Gasteiger partial charge on any atom is -0.394 e. The molecule has 0 aliphatic rings. The number of nitrogens with zero attached hydrogens (tertiary/aromatic N) is 1. The predicted octanol–water partition coefficient (Wildman–Crippen LogP) is 0.612. The summed E-state index contributed by atoms with van der Waals surface area (Å²) >= 11 is 0. The summed E-state index contributed by atoms with van der Waals surface area (Å²) in [7, 11) is -3.69. The number of hydrogen-bond donors (Lipinski definition) is 3. The average Bonchev–Trinajstić information content (AvgIpc) is 2.72. The number of nitrogens with one attached hydrogen (secondary N) is 2. The number of aromatic nitrogens is 2. The standard InChI is InChI=1S/C11H15N3O3S/c1-11(2,7-15)14-18(16,17)9-6-13-10-8(9)4-3-5-12-10/h3-6,14-15H,7H2,1-2H3,(H,12,13). The number of pyridine rings is 1. The maximum absolute atomic E-state index is 12.2. The lowest BCUT2D eigenvalue weighted by atomic mass is 10.1. The molecule has 2 rings (SSSR count). The Labute approximate surface area is 105 Å². The van der Waals surface area contributed by atoms with E-state index in [1.54, 1.807) is 32.2 Å². The SMILES string of the molecule is CC(C)(CO)NS(=O)(=O)c1c[nH]c2ncccc12. The van der Waals surface area contributed by atoms with Crippen molar-refractivity contribution in [3.63, 3.8) is 0 Å². The summed E-state index contributed by atoms with van der Waals surface area (Å²) in [4.78, 5) is 6.97. The van der Waals surface area contributed by atoms with Gasteiger partial charge in [0.1, 0.15) is 10.5 Å². The van der Waals surface area contributed by atoms with E-state index in [4.69, 9.17) is 5.11 Å². The smallest absolute Gasteiger partial charge is 0.243 e. The Hall–Kier alpha value is -1.44. The van der Waals surface area contributed by atoms with Gasteiger partial charge in [-0.25, -0.2) is 18.1 Å². The monoisotopic (exact) mass is 269 g/mol. The summed E-state index contributed by atoms with van der Waals surface area (Å²) in [5.74, 6) is 0. The van der Waals surface area contributed by atoms with Crippen molar-refractivity contribution < 1.29 is 13.5 Å². The van der Waals surface area contributed by atoms with E-state index in [0.29, 0.717) is 11.0 Å². The first-order chi connectivity index (χ1) is 8.36. The van der Waals surface area contributed by atoms with E-state index in [-0.39, 0.29) is 11.5 Å². The molecule has 0 aromatic carbocycles. The van der Waals surface area contributed by atoms with Crippen LogP contribution in [0.1, 0.15) is 13.8 Å². The quantitative estimate of drug-likeness (QED) is 0.758. The zero-order chi connectivity index (χ0) is 13.4. The van der Waals surface area contributed by atoms with E-state index >= 15 is 0 Å². The Kier molecular flexibility index (Phi) is 3.14. The van der Waals surface area contributed by atoms with Crippen molar-refractivity contribution in [1.82, 2.24) is 14.7 Å². The van der Waals surface area contributed by atoms with Crippen LogP contribution in [-0.4, -0.2) is 35.6 Å². The van der Waals surface area contributed by atoms with Gasteiger partial charge in [0.2, 0.25) is 10.0 Å². The second-order valence-electron chi connectivity index (χ2n) is 4.70. The zero-order valence-corrected chi connectivity index (χ0v) is 11.0. The van der Waals surface area contributed by atoms with E-state index in [9.17, 15) is 8.42 Å². The van der Waals surface area contributed by atoms with Crippen molar-refractivity contribution in [2.45, 2.75) is 24.3 Å². The van der Waals surface area contributed by atoms with Gasteiger partial charge in [-0.2, -0.15) is 0 Å². The Bertz CT molecular complexity index is 661. The largest absolute Gasteiger partial charge is 0.394 e. The van der Waals surface area contributed by atoms with Gasteiger partial charge in [-0.05, 0) is 26.0 Å². The van der Waals surface area contributed by atoms with Gasteiger partial charge in [-0.3, -0.25) is 0 Å². The minimum absolute atomic E-state index is 0.132. The molecule has 0 bridgehead atoms. The lowest BCUT2D eigenvalue weighted by Gasteiger charge is -2.22. The second-order valence-corrected chi connectivity index (χ2v) is 6.35. The summed E-state index contributed by atoms with van der Waals surface area (Å²) in [5.41, 5.74) is -0.398. The molecule has 0 saturated carbocycles. The van der Waals surface area contributed by atoms with E-state index in [1.807, 2.05) is 0 Å². The van der Waals surface area contributed by atoms with E-state index in [0.717, 1.165) is 0 Å². The van der Waals surface area contributed by atoms with Crippen LogP contribution in [0.15, 0.2) is 29.4 Å². The first-order valence-electron chi connectivity index (χ1n) is 5.43. The molecule has 2 heterocycles. The van der Waals surface area contributed by atoms with Crippen LogP contribution in [0, 0.1) is 0 Å². The van der Waals surface area contributed by atoms with Gasteiger partial charge in [0.25, 0.3) is 0 Å². The van der Waals surface area contributed by atoms with Crippen molar-refractivity contribution in [3.8, 4) is 0 Å². The molecule has 2 aromatic rings. The molecule has 0 aliphatic carbocycles. The highest BCUT2D eigenvalue weighted by atomic mass is 32.2. The van der Waals surface area contributed by atoms with Crippen molar-refractivity contribution in [2.75, 3.05) is 6.61 Å². The molecule has 98 valence electrons. The van der Waals surface area contributed by atoms with Crippen LogP contribution in [0.5, 0.6) is 0 Å². The summed E-state index contributed by atoms with van der Waals surface area (Å²) in [5, 5.41) is 9.65. The van der Waals surface area contributed by atoms with Crippen molar-refractivity contribution in [1.29, 1.82) is 0 Å². The number of rotatable bonds is 4. The predicted molar refractivity (Wildman–Crippen MR) is 67.6 cm³/mol. The van der Waals surface area contributed by atoms with Crippen LogP contribution in [0.25, 0.3) is 11.0 Å². The number of aromatic amines is 1. The average molecular weight is 269 g/mol. The Morgan fingerprint density at radius 3 is 2.89 bits per heavy atom. The molecule has 18 heavy (non-hydrogen) atoms. The minimum atomic E-state index is -3.69. The van der Waals surface area contributed by atoms with E-state index in [1.165, 1.54) is 6.20 Å². The van der Waals surface area contributed by atoms with Crippen LogP contribution in [0.3, 0.4) is 0 Å². The van der Waals surface area contributed by atoms with Gasteiger partial charge in [0, 0.05) is 17.8 Å². The zero-order valence-electron chi connectivity index (χ0n) is 10.1. The highest BCUT2D eigenvalue weighted by Crippen LogP contribution is 2.21. The molecule has 3 N–H and O–H groups in total. The highest BCUT2D eigenvalue weighted by Gasteiger charge is 2.27. The van der Waals surface area contributed by atoms with Crippen molar-refractivity contribution in [3.05, 3.63) is 24.5 Å². The van der Waals surface area contributed by atoms with Crippen LogP contribution in [0.2, 0.25) is 0 Å². The number of aliphatic hydroxyl groups is 1. The van der Waals surface area contributed by atoms with Crippen LogP contribution in [0.4, 0.5) is 0 Å². The van der Waals surface area contributed by atoms with Gasteiger partial charge >= 0.3 is 0 Å². The molecule has 0 saturated heterocycles. The maximum Gasteiger partial charge on any atom is 0.243 e. The molecule has 7 heteroatoms. The normalized spacial score (nSPS) is 13.1. The van der Waals surface area contributed by atoms with Crippen molar-refractivity contribution in [2.24, 2.45) is 0 Å². The van der Waals surface area contributed by atoms with Gasteiger partial charge in [0.05, 0.1) is 12.1 Å². The van der Waals surface area contributed by atoms with Crippen LogP contribution < -0.4 is 4.72 Å². The molecule has 6 nitrogen and oxygen atoms in total. The van der Waals surface area contributed by atoms with Gasteiger partial charge < -0.3 is 10.1 Å². The van der Waals surface area contributed by atoms with Gasteiger partial charge in [-0.1, -0.05) is 0 Å². The third-order valence-corrected chi connectivity index (χ3v) is 4.25. The Balaban J connectivity index is 2.48. The fraction of sp³-hybridized carbons (Fsp3) is 0.364. The molecule has 0 radical (unpaired) electrons. The van der Waals surface area contributed by atoms with E-state index < -0.39 is 15.6 Å². The topological polar surface area (TPSA) is 95.1 Å². The number of aliphatic hydroxyl groups excluding tert-OH is 1. The van der Waals surface area contributed by atoms with Crippen LogP contribution >= 0.6 is 0 Å². The Morgan fingerprint density at radius 1 is 1.50 bits per heavy atom. The first kappa shape index (κ1) is 13.0. The fourth-order valence-corrected chi connectivity index (χ4v) is 3.17. The van der Waals surface area contributed by atoms with Crippen molar-refractivity contribution >= 4 is 21.1 Å². The van der Waals surface area contributed by atoms with Gasteiger partial charge in [-0.15, -0.1) is 0 Å². The lowest BCUT2D eigenvalue weighted by Crippen LogP contribution is -2.46. The summed E-state index contributed by atoms with van der Waals surface area (Å²) in [6.07, 6.45) is 2.98. The molecule has 0 fully saturated rings. The Morgan fingerprint density at radius 2 is 2.22 bits per heavy atom. The summed E-state index contributed by atoms with van der Waals surface area (Å²) in [6.45, 7) is 2.93. The molecule has 0 atom stereocenters. The second kappa shape index (κ2) is 4.34. The molecular weight excluding hydrogens is 254 g/mol. The fourth-order valence-electron chi connectivity index (χ4n) is 1.60. The number of hydrogen-bond acceptors (Lipinski definition) is 4. The molecular formula is C11H15N3O3S. The molecule has 0 amide bonds. The molecule has 0 unspecified atom stereocenters. The number of H-pyrrole nitrogens is 1. The first-order valence-corrected chi connectivity index (χ1v) is 6.91. The number of sulfonamides is 1. The summed E-state index contributed by atoms with van der Waals surface area (Å²) in [6, 6.07) is 3.35. The lowest BCUT2D eigenvalue weighted by molar-refractivity contribution is 0.208. The summed E-state index contributed by atoms with van der Waals surface area (Å²) < 4.78 is 26.9. The van der Waals surface area contributed by atoms with Gasteiger partial charge in [0.15, 0.2) is 0 Å². The third-order valence-electron chi connectivity index (χ3n) is 2.51. The third kappa shape index (κ3) is 2.38. The van der Waals surface area contributed by atoms with Crippen LogP contribution in [-0.2, 0) is 10.0 Å². The molecule has 0 aliphatic heterocycles. The maximum atomic E-state index is 12.2. The number of fused-ring (bicyclic) bond motifs is 1. The van der Waals surface area contributed by atoms with E-state index in [2.05, 4.69) is 14.7 Å². The molecule has 0 spiro atoms. The highest BCUT2D eigenvalue weighted by molar-refractivity contribution is 7.89. The molecule has 2 aromatic heterocycles.